The Balaban J connectivity index is 1.79. The molecule has 2 aromatic rings. The molecule has 1 unspecified atom stereocenters. The molecule has 1 N–H and O–H groups in total. The van der Waals surface area contributed by atoms with Gasteiger partial charge in [0.1, 0.15) is 5.58 Å². The summed E-state index contributed by atoms with van der Waals surface area (Å²) in [6.07, 6.45) is 2.33. The van der Waals surface area contributed by atoms with Gasteiger partial charge in [0.2, 0.25) is 17.1 Å². The van der Waals surface area contributed by atoms with Crippen LogP contribution in [0.1, 0.15) is 24.8 Å². The standard InChI is InChI=1S/C21H28N2O5/c1-15-5-4-6-16-18(25)20(27-17(7-12-24)22-8-2-3-9-22)21(28-19(15)16)23-10-13-26-14-11-23/h4-6,17,24H,2-3,7-14H2,1H3. The fraction of sp³-hybridized carbons (Fsp3) is 0.571. The number of aryl methyl sites for hydroxylation is 1. The maximum atomic E-state index is 13.4. The van der Waals surface area contributed by atoms with Crippen LogP contribution < -0.4 is 15.1 Å². The maximum Gasteiger partial charge on any atom is 0.243 e. The highest BCUT2D eigenvalue weighted by Crippen LogP contribution is 2.33. The van der Waals surface area contributed by atoms with Gasteiger partial charge in [0.05, 0.1) is 18.6 Å². The molecule has 2 fully saturated rings. The van der Waals surface area contributed by atoms with Gasteiger partial charge in [0, 0.05) is 39.2 Å². The van der Waals surface area contributed by atoms with Crippen LogP contribution in [0.4, 0.5) is 5.88 Å². The Morgan fingerprint density at radius 3 is 2.64 bits per heavy atom. The fourth-order valence-electron chi connectivity index (χ4n) is 4.00. The largest absolute Gasteiger partial charge is 0.466 e. The number of rotatable bonds is 6. The van der Waals surface area contributed by atoms with Crippen LogP contribution in [0.5, 0.6) is 5.75 Å². The van der Waals surface area contributed by atoms with E-state index in [1.807, 2.05) is 24.0 Å². The molecule has 3 heterocycles. The molecule has 1 atom stereocenters. The zero-order chi connectivity index (χ0) is 19.5. The first-order valence-corrected chi connectivity index (χ1v) is 10.1. The Morgan fingerprint density at radius 1 is 1.18 bits per heavy atom. The maximum absolute atomic E-state index is 13.4. The van der Waals surface area contributed by atoms with Crippen LogP contribution in [0.25, 0.3) is 11.0 Å². The number of nitrogens with zero attached hydrogens (tertiary/aromatic N) is 2. The van der Waals surface area contributed by atoms with Crippen molar-refractivity contribution >= 4 is 16.9 Å². The molecule has 2 saturated heterocycles. The smallest absolute Gasteiger partial charge is 0.243 e. The van der Waals surface area contributed by atoms with Crippen LogP contribution in [-0.2, 0) is 4.74 Å². The molecule has 0 saturated carbocycles. The van der Waals surface area contributed by atoms with Crippen molar-refractivity contribution in [2.45, 2.75) is 32.4 Å². The van der Waals surface area contributed by atoms with E-state index in [2.05, 4.69) is 4.90 Å². The molecule has 7 heteroatoms. The molecule has 1 aromatic heterocycles. The van der Waals surface area contributed by atoms with Crippen LogP contribution in [0.15, 0.2) is 27.4 Å². The number of ether oxygens (including phenoxy) is 2. The lowest BCUT2D eigenvalue weighted by Gasteiger charge is -2.31. The SMILES string of the molecule is Cc1cccc2c(=O)c(OC(CCO)N3CCCC3)c(N3CCOCC3)oc12. The summed E-state index contributed by atoms with van der Waals surface area (Å²) < 4.78 is 18.0. The Kier molecular flexibility index (Phi) is 5.85. The Hall–Kier alpha value is -2.09. The summed E-state index contributed by atoms with van der Waals surface area (Å²) in [5.74, 6) is 0.711. The number of hydrogen-bond donors (Lipinski definition) is 1. The molecular weight excluding hydrogens is 360 g/mol. The minimum Gasteiger partial charge on any atom is -0.466 e. The molecule has 1 aromatic carbocycles. The predicted octanol–water partition coefficient (Wildman–Crippen LogP) is 2.12. The van der Waals surface area contributed by atoms with E-state index < -0.39 is 0 Å². The first-order chi connectivity index (χ1) is 13.7. The average Bonchev–Trinajstić information content (AvgIpc) is 3.25. The number of anilines is 1. The van der Waals surface area contributed by atoms with Crippen molar-refractivity contribution in [1.82, 2.24) is 4.90 Å². The number of para-hydroxylation sites is 1. The summed E-state index contributed by atoms with van der Waals surface area (Å²) in [5.41, 5.74) is 1.36. The van der Waals surface area contributed by atoms with Crippen molar-refractivity contribution in [2.24, 2.45) is 0 Å². The lowest BCUT2D eigenvalue weighted by atomic mass is 10.1. The van der Waals surface area contributed by atoms with Crippen LogP contribution >= 0.6 is 0 Å². The first kappa shape index (κ1) is 19.2. The Morgan fingerprint density at radius 2 is 1.93 bits per heavy atom. The molecule has 2 aliphatic rings. The summed E-state index contributed by atoms with van der Waals surface area (Å²) in [6, 6.07) is 5.58. The van der Waals surface area contributed by atoms with Gasteiger partial charge in [-0.15, -0.1) is 0 Å². The second-order valence-corrected chi connectivity index (χ2v) is 7.44. The fourth-order valence-corrected chi connectivity index (χ4v) is 4.00. The van der Waals surface area contributed by atoms with Crippen molar-refractivity contribution in [2.75, 3.05) is 50.9 Å². The Bertz CT molecular complexity index is 869. The van der Waals surface area contributed by atoms with Gasteiger partial charge in [0.25, 0.3) is 0 Å². The first-order valence-electron chi connectivity index (χ1n) is 10.1. The number of likely N-dealkylation sites (tertiary alicyclic amines) is 1. The van der Waals surface area contributed by atoms with Gasteiger partial charge < -0.3 is 23.9 Å². The molecule has 0 spiro atoms. The van der Waals surface area contributed by atoms with Gasteiger partial charge in [0.15, 0.2) is 6.23 Å². The summed E-state index contributed by atoms with van der Waals surface area (Å²) in [4.78, 5) is 17.6. The van der Waals surface area contributed by atoms with E-state index >= 15 is 0 Å². The van der Waals surface area contributed by atoms with Crippen molar-refractivity contribution in [3.63, 3.8) is 0 Å². The third-order valence-corrected chi connectivity index (χ3v) is 5.53. The van der Waals surface area contributed by atoms with E-state index in [0.717, 1.165) is 31.5 Å². The predicted molar refractivity (Wildman–Crippen MR) is 107 cm³/mol. The van der Waals surface area contributed by atoms with E-state index in [9.17, 15) is 9.90 Å². The second kappa shape index (κ2) is 8.51. The molecule has 0 amide bonds. The third-order valence-electron chi connectivity index (χ3n) is 5.53. The summed E-state index contributed by atoms with van der Waals surface area (Å²) in [7, 11) is 0. The minimum absolute atomic E-state index is 0.00603. The average molecular weight is 388 g/mol. The molecule has 0 aliphatic carbocycles. The number of morpholine rings is 1. The van der Waals surface area contributed by atoms with Gasteiger partial charge in [-0.2, -0.15) is 0 Å². The lowest BCUT2D eigenvalue weighted by Crippen LogP contribution is -2.41. The molecule has 0 bridgehead atoms. The van der Waals surface area contributed by atoms with Crippen LogP contribution in [0, 0.1) is 6.92 Å². The van der Waals surface area contributed by atoms with Crippen molar-refractivity contribution < 1.29 is 19.0 Å². The van der Waals surface area contributed by atoms with Crippen LogP contribution in [-0.4, -0.2) is 62.2 Å². The van der Waals surface area contributed by atoms with Gasteiger partial charge >= 0.3 is 0 Å². The van der Waals surface area contributed by atoms with E-state index in [-0.39, 0.29) is 24.0 Å². The normalized spacial score (nSPS) is 19.3. The highest BCUT2D eigenvalue weighted by Gasteiger charge is 2.29. The molecule has 7 nitrogen and oxygen atoms in total. The quantitative estimate of drug-likeness (QED) is 0.812. The van der Waals surface area contributed by atoms with Crippen LogP contribution in [0.2, 0.25) is 0 Å². The lowest BCUT2D eigenvalue weighted by molar-refractivity contribution is 0.0213. The number of fused-ring (bicyclic) bond motifs is 1. The van der Waals surface area contributed by atoms with E-state index in [1.54, 1.807) is 6.07 Å². The van der Waals surface area contributed by atoms with Crippen LogP contribution in [0.3, 0.4) is 0 Å². The minimum atomic E-state index is -0.336. The van der Waals surface area contributed by atoms with Gasteiger partial charge in [-0.25, -0.2) is 0 Å². The summed E-state index contributed by atoms with van der Waals surface area (Å²) >= 11 is 0. The summed E-state index contributed by atoms with van der Waals surface area (Å²) in [5, 5.41) is 10.1. The molecule has 4 rings (SSSR count). The highest BCUT2D eigenvalue weighted by atomic mass is 16.5. The highest BCUT2D eigenvalue weighted by molar-refractivity contribution is 5.83. The molecule has 152 valence electrons. The van der Waals surface area contributed by atoms with Gasteiger partial charge in [-0.3, -0.25) is 9.69 Å². The zero-order valence-electron chi connectivity index (χ0n) is 16.4. The molecule has 0 radical (unpaired) electrons. The number of aliphatic hydroxyl groups is 1. The van der Waals surface area contributed by atoms with Crippen molar-refractivity contribution in [1.29, 1.82) is 0 Å². The second-order valence-electron chi connectivity index (χ2n) is 7.44. The number of benzene rings is 1. The van der Waals surface area contributed by atoms with E-state index in [1.165, 1.54) is 0 Å². The zero-order valence-corrected chi connectivity index (χ0v) is 16.4. The molecular formula is C21H28N2O5. The monoisotopic (exact) mass is 388 g/mol. The molecule has 2 aliphatic heterocycles. The topological polar surface area (TPSA) is 75.4 Å². The van der Waals surface area contributed by atoms with Gasteiger partial charge in [-0.05, 0) is 31.4 Å². The molecule has 28 heavy (non-hydrogen) atoms. The number of hydrogen-bond acceptors (Lipinski definition) is 7. The van der Waals surface area contributed by atoms with Crippen molar-refractivity contribution in [3.05, 3.63) is 34.0 Å². The summed E-state index contributed by atoms with van der Waals surface area (Å²) in [6.45, 7) is 6.23. The van der Waals surface area contributed by atoms with E-state index in [4.69, 9.17) is 13.9 Å². The third kappa shape index (κ3) is 3.74. The number of aliphatic hydroxyl groups excluding tert-OH is 1. The van der Waals surface area contributed by atoms with E-state index in [0.29, 0.717) is 49.6 Å². The van der Waals surface area contributed by atoms with Crippen molar-refractivity contribution in [3.8, 4) is 5.75 Å². The van der Waals surface area contributed by atoms with Gasteiger partial charge in [-0.1, -0.05) is 12.1 Å². The Labute approximate surface area is 164 Å².